The van der Waals surface area contributed by atoms with Gasteiger partial charge in [0.05, 0.1) is 12.7 Å². The third-order valence-corrected chi connectivity index (χ3v) is 3.91. The molecule has 1 aromatic rings. The first-order valence-corrected chi connectivity index (χ1v) is 6.45. The summed E-state index contributed by atoms with van der Waals surface area (Å²) in [6.07, 6.45) is 5.08. The maximum absolute atomic E-state index is 13.3. The molecule has 0 radical (unpaired) electrons. The Morgan fingerprint density at radius 3 is 2.56 bits per heavy atom. The summed E-state index contributed by atoms with van der Waals surface area (Å²) in [4.78, 5) is 12.6. The Balaban J connectivity index is 2.35. The molecule has 0 aromatic heterocycles. The number of Topliss-reactive ketones (excluding diaryl/α,β-unsaturated/α-hetero) is 1. The van der Waals surface area contributed by atoms with Crippen LogP contribution in [0, 0.1) is 11.2 Å². The first kappa shape index (κ1) is 13.1. The van der Waals surface area contributed by atoms with Crippen LogP contribution < -0.4 is 4.74 Å². The van der Waals surface area contributed by atoms with E-state index >= 15 is 0 Å². The van der Waals surface area contributed by atoms with Crippen molar-refractivity contribution in [1.82, 2.24) is 0 Å². The van der Waals surface area contributed by atoms with E-state index in [9.17, 15) is 9.18 Å². The molecule has 0 saturated heterocycles. The van der Waals surface area contributed by atoms with E-state index in [0.717, 1.165) is 25.7 Å². The Kier molecular flexibility index (Phi) is 3.69. The van der Waals surface area contributed by atoms with Crippen LogP contribution in [-0.4, -0.2) is 12.9 Å². The number of hydrogen-bond acceptors (Lipinski definition) is 2. The van der Waals surface area contributed by atoms with Crippen molar-refractivity contribution in [1.29, 1.82) is 0 Å². The predicted molar refractivity (Wildman–Crippen MR) is 68.5 cm³/mol. The number of rotatable bonds is 3. The van der Waals surface area contributed by atoms with Gasteiger partial charge in [-0.2, -0.15) is 0 Å². The van der Waals surface area contributed by atoms with Crippen LogP contribution in [0.5, 0.6) is 5.75 Å². The molecule has 1 fully saturated rings. The van der Waals surface area contributed by atoms with Crippen LogP contribution in [0.15, 0.2) is 18.2 Å². The summed E-state index contributed by atoms with van der Waals surface area (Å²) in [6.45, 7) is 1.98. The van der Waals surface area contributed by atoms with Gasteiger partial charge in [-0.1, -0.05) is 26.2 Å². The van der Waals surface area contributed by atoms with Gasteiger partial charge in [0.25, 0.3) is 0 Å². The van der Waals surface area contributed by atoms with Gasteiger partial charge in [0.1, 0.15) is 11.6 Å². The lowest BCUT2D eigenvalue weighted by atomic mass is 9.71. The molecular weight excluding hydrogens is 231 g/mol. The third-order valence-electron chi connectivity index (χ3n) is 3.91. The average molecular weight is 250 g/mol. The minimum absolute atomic E-state index is 0.0125. The Labute approximate surface area is 107 Å². The molecule has 1 aliphatic carbocycles. The summed E-state index contributed by atoms with van der Waals surface area (Å²) in [5.41, 5.74) is 0.0150. The lowest BCUT2D eigenvalue weighted by molar-refractivity contribution is 0.0745. The minimum Gasteiger partial charge on any atom is -0.496 e. The van der Waals surface area contributed by atoms with Gasteiger partial charge in [0.2, 0.25) is 0 Å². The standard InChI is InChI=1S/C15H19FO2/c1-15(8-4-3-5-9-15)14(17)12-10-11(16)6-7-13(12)18-2/h6-7,10H,3-5,8-9H2,1-2H3. The highest BCUT2D eigenvalue weighted by Crippen LogP contribution is 2.40. The Hall–Kier alpha value is -1.38. The van der Waals surface area contributed by atoms with Crippen LogP contribution in [0.1, 0.15) is 49.4 Å². The number of ether oxygens (including phenoxy) is 1. The predicted octanol–water partition coefficient (Wildman–Crippen LogP) is 3.99. The minimum atomic E-state index is -0.390. The van der Waals surface area contributed by atoms with E-state index in [1.54, 1.807) is 0 Å². The molecule has 1 saturated carbocycles. The molecule has 0 spiro atoms. The number of benzene rings is 1. The molecule has 18 heavy (non-hydrogen) atoms. The maximum Gasteiger partial charge on any atom is 0.172 e. The fourth-order valence-electron chi connectivity index (χ4n) is 2.74. The smallest absolute Gasteiger partial charge is 0.172 e. The van der Waals surface area contributed by atoms with E-state index in [1.807, 2.05) is 6.92 Å². The molecule has 0 unspecified atom stereocenters. The van der Waals surface area contributed by atoms with Crippen LogP contribution in [-0.2, 0) is 0 Å². The number of ketones is 1. The zero-order valence-electron chi connectivity index (χ0n) is 11.0. The first-order chi connectivity index (χ1) is 8.57. The quantitative estimate of drug-likeness (QED) is 0.758. The maximum atomic E-state index is 13.3. The van der Waals surface area contributed by atoms with Gasteiger partial charge in [-0.25, -0.2) is 4.39 Å². The fourth-order valence-corrected chi connectivity index (χ4v) is 2.74. The summed E-state index contributed by atoms with van der Waals surface area (Å²) in [5.74, 6) is 0.0882. The largest absolute Gasteiger partial charge is 0.496 e. The van der Waals surface area contributed by atoms with Crippen molar-refractivity contribution in [3.05, 3.63) is 29.6 Å². The molecule has 98 valence electrons. The molecule has 0 N–H and O–H groups in total. The number of methoxy groups -OCH3 is 1. The first-order valence-electron chi connectivity index (χ1n) is 6.45. The zero-order valence-corrected chi connectivity index (χ0v) is 11.0. The van der Waals surface area contributed by atoms with Gasteiger partial charge in [-0.3, -0.25) is 4.79 Å². The molecule has 3 heteroatoms. The van der Waals surface area contributed by atoms with E-state index in [1.165, 1.54) is 31.7 Å². The molecule has 0 amide bonds. The van der Waals surface area contributed by atoms with Crippen molar-refractivity contribution < 1.29 is 13.9 Å². The summed E-state index contributed by atoms with van der Waals surface area (Å²) in [5, 5.41) is 0. The second-order valence-corrected chi connectivity index (χ2v) is 5.30. The van der Waals surface area contributed by atoms with Crippen LogP contribution in [0.4, 0.5) is 4.39 Å². The SMILES string of the molecule is COc1ccc(F)cc1C(=O)C1(C)CCCCC1. The lowest BCUT2D eigenvalue weighted by Crippen LogP contribution is -2.30. The van der Waals surface area contributed by atoms with Gasteiger partial charge in [-0.15, -0.1) is 0 Å². The molecular formula is C15H19FO2. The summed E-state index contributed by atoms with van der Waals surface area (Å²) in [6, 6.07) is 4.13. The molecule has 1 aliphatic rings. The van der Waals surface area contributed by atoms with Gasteiger partial charge in [0.15, 0.2) is 5.78 Å². The molecule has 2 nitrogen and oxygen atoms in total. The molecule has 2 rings (SSSR count). The number of carbonyl (C=O) groups excluding carboxylic acids is 1. The van der Waals surface area contributed by atoms with Crippen molar-refractivity contribution in [2.45, 2.75) is 39.0 Å². The summed E-state index contributed by atoms with van der Waals surface area (Å²) >= 11 is 0. The topological polar surface area (TPSA) is 26.3 Å². The normalized spacial score (nSPS) is 18.4. The van der Waals surface area contributed by atoms with Crippen LogP contribution >= 0.6 is 0 Å². The molecule has 0 heterocycles. The zero-order chi connectivity index (χ0) is 13.2. The van der Waals surface area contributed by atoms with Crippen molar-refractivity contribution in [3.8, 4) is 5.75 Å². The van der Waals surface area contributed by atoms with E-state index in [4.69, 9.17) is 4.74 Å². The van der Waals surface area contributed by atoms with Gasteiger partial charge < -0.3 is 4.74 Å². The fraction of sp³-hybridized carbons (Fsp3) is 0.533. The van der Waals surface area contributed by atoms with E-state index in [0.29, 0.717) is 11.3 Å². The molecule has 0 bridgehead atoms. The average Bonchev–Trinajstić information content (AvgIpc) is 2.38. The Bertz CT molecular complexity index is 448. The van der Waals surface area contributed by atoms with Crippen molar-refractivity contribution in [3.63, 3.8) is 0 Å². The van der Waals surface area contributed by atoms with Crippen molar-refractivity contribution >= 4 is 5.78 Å². The van der Waals surface area contributed by atoms with Crippen molar-refractivity contribution in [2.24, 2.45) is 5.41 Å². The van der Waals surface area contributed by atoms with E-state index < -0.39 is 5.82 Å². The number of halogens is 1. The highest BCUT2D eigenvalue weighted by Gasteiger charge is 2.36. The highest BCUT2D eigenvalue weighted by atomic mass is 19.1. The number of carbonyl (C=O) groups is 1. The van der Waals surface area contributed by atoms with Crippen molar-refractivity contribution in [2.75, 3.05) is 7.11 Å². The van der Waals surface area contributed by atoms with Crippen LogP contribution in [0.2, 0.25) is 0 Å². The van der Waals surface area contributed by atoms with Gasteiger partial charge in [0, 0.05) is 5.41 Å². The highest BCUT2D eigenvalue weighted by molar-refractivity contribution is 6.02. The van der Waals surface area contributed by atoms with Gasteiger partial charge in [-0.05, 0) is 31.0 Å². The summed E-state index contributed by atoms with van der Waals surface area (Å²) in [7, 11) is 1.51. The second-order valence-electron chi connectivity index (χ2n) is 5.30. The molecule has 0 atom stereocenters. The number of hydrogen-bond donors (Lipinski definition) is 0. The van der Waals surface area contributed by atoms with E-state index in [2.05, 4.69) is 0 Å². The Morgan fingerprint density at radius 1 is 1.28 bits per heavy atom. The van der Waals surface area contributed by atoms with E-state index in [-0.39, 0.29) is 11.2 Å². The lowest BCUT2D eigenvalue weighted by Gasteiger charge is -2.32. The second kappa shape index (κ2) is 5.09. The monoisotopic (exact) mass is 250 g/mol. The molecule has 0 aliphatic heterocycles. The third kappa shape index (κ3) is 2.40. The molecule has 1 aromatic carbocycles. The summed E-state index contributed by atoms with van der Waals surface area (Å²) < 4.78 is 18.5. The van der Waals surface area contributed by atoms with Crippen LogP contribution in [0.25, 0.3) is 0 Å². The van der Waals surface area contributed by atoms with Crippen LogP contribution in [0.3, 0.4) is 0 Å². The van der Waals surface area contributed by atoms with Gasteiger partial charge >= 0.3 is 0 Å². The Morgan fingerprint density at radius 2 is 1.94 bits per heavy atom.